The van der Waals surface area contributed by atoms with Crippen molar-refractivity contribution in [2.45, 2.75) is 4.90 Å². The van der Waals surface area contributed by atoms with Gasteiger partial charge in [-0.05, 0) is 18.4 Å². The standard InChI is InChI=1S/C8H6Cl2O2S/c1-13-7-3-5(9)4(8(11)12)2-6(7)10/h2-3H,1H3,(H,11,12). The third-order valence-corrected chi connectivity index (χ3v) is 2.99. The monoisotopic (exact) mass is 236 g/mol. The van der Waals surface area contributed by atoms with E-state index in [0.717, 1.165) is 4.90 Å². The summed E-state index contributed by atoms with van der Waals surface area (Å²) in [5.41, 5.74) is 0.0319. The van der Waals surface area contributed by atoms with Gasteiger partial charge in [-0.3, -0.25) is 0 Å². The van der Waals surface area contributed by atoms with Gasteiger partial charge in [0.05, 0.1) is 15.6 Å². The van der Waals surface area contributed by atoms with E-state index in [1.807, 2.05) is 6.26 Å². The Kier molecular flexibility index (Phi) is 3.47. The van der Waals surface area contributed by atoms with E-state index in [1.165, 1.54) is 17.8 Å². The molecule has 13 heavy (non-hydrogen) atoms. The molecule has 0 saturated heterocycles. The number of carbonyl (C=O) groups is 1. The maximum atomic E-state index is 10.6. The van der Waals surface area contributed by atoms with Crippen LogP contribution < -0.4 is 0 Å². The van der Waals surface area contributed by atoms with Gasteiger partial charge in [-0.2, -0.15) is 0 Å². The van der Waals surface area contributed by atoms with Gasteiger partial charge in [0, 0.05) is 4.90 Å². The fourth-order valence-corrected chi connectivity index (χ4v) is 2.04. The highest BCUT2D eigenvalue weighted by atomic mass is 35.5. The Bertz CT molecular complexity index is 352. The van der Waals surface area contributed by atoms with Crippen LogP contribution in [0.25, 0.3) is 0 Å². The molecule has 0 aromatic heterocycles. The first-order valence-electron chi connectivity index (χ1n) is 3.32. The van der Waals surface area contributed by atoms with Crippen LogP contribution in [0.2, 0.25) is 10.0 Å². The molecule has 0 aliphatic heterocycles. The summed E-state index contributed by atoms with van der Waals surface area (Å²) in [7, 11) is 0. The second-order valence-electron chi connectivity index (χ2n) is 2.27. The Morgan fingerprint density at radius 2 is 2.00 bits per heavy atom. The summed E-state index contributed by atoms with van der Waals surface area (Å²) in [4.78, 5) is 11.4. The van der Waals surface area contributed by atoms with Crippen molar-refractivity contribution in [2.75, 3.05) is 6.26 Å². The normalized spacial score (nSPS) is 10.1. The smallest absolute Gasteiger partial charge is 0.337 e. The molecule has 0 bridgehead atoms. The van der Waals surface area contributed by atoms with E-state index in [2.05, 4.69) is 0 Å². The molecule has 0 aliphatic carbocycles. The zero-order valence-electron chi connectivity index (χ0n) is 6.67. The number of rotatable bonds is 2. The van der Waals surface area contributed by atoms with E-state index in [9.17, 15) is 4.79 Å². The third kappa shape index (κ3) is 2.30. The van der Waals surface area contributed by atoms with E-state index >= 15 is 0 Å². The lowest BCUT2D eigenvalue weighted by Crippen LogP contribution is -1.97. The van der Waals surface area contributed by atoms with Crippen LogP contribution in [0.4, 0.5) is 0 Å². The number of aromatic carboxylic acids is 1. The van der Waals surface area contributed by atoms with Crippen molar-refractivity contribution in [1.82, 2.24) is 0 Å². The van der Waals surface area contributed by atoms with Gasteiger partial charge >= 0.3 is 5.97 Å². The molecule has 0 amide bonds. The summed E-state index contributed by atoms with van der Waals surface area (Å²) in [5, 5.41) is 9.32. The fourth-order valence-electron chi connectivity index (χ4n) is 0.849. The predicted octanol–water partition coefficient (Wildman–Crippen LogP) is 3.41. The van der Waals surface area contributed by atoms with Gasteiger partial charge in [-0.25, -0.2) is 4.79 Å². The van der Waals surface area contributed by atoms with E-state index in [-0.39, 0.29) is 10.6 Å². The first-order chi connectivity index (χ1) is 6.06. The molecular weight excluding hydrogens is 231 g/mol. The Morgan fingerprint density at radius 3 is 2.46 bits per heavy atom. The molecule has 0 unspecified atom stereocenters. The number of halogens is 2. The molecule has 2 nitrogen and oxygen atoms in total. The van der Waals surface area contributed by atoms with Gasteiger partial charge in [-0.15, -0.1) is 11.8 Å². The van der Waals surface area contributed by atoms with Crippen molar-refractivity contribution in [3.8, 4) is 0 Å². The Hall–Kier alpha value is -0.380. The minimum absolute atomic E-state index is 0.0319. The number of hydrogen-bond acceptors (Lipinski definition) is 2. The molecule has 0 atom stereocenters. The van der Waals surface area contributed by atoms with E-state index < -0.39 is 5.97 Å². The number of benzene rings is 1. The number of carboxylic acid groups (broad SMARTS) is 1. The van der Waals surface area contributed by atoms with Gasteiger partial charge in [0.25, 0.3) is 0 Å². The first kappa shape index (κ1) is 10.7. The molecule has 0 spiro atoms. The first-order valence-corrected chi connectivity index (χ1v) is 5.30. The van der Waals surface area contributed by atoms with Crippen LogP contribution >= 0.6 is 35.0 Å². The summed E-state index contributed by atoms with van der Waals surface area (Å²) < 4.78 is 0. The molecular formula is C8H6Cl2O2S. The lowest BCUT2D eigenvalue weighted by molar-refractivity contribution is 0.0697. The molecule has 70 valence electrons. The molecule has 0 fully saturated rings. The van der Waals surface area contributed by atoms with E-state index in [4.69, 9.17) is 28.3 Å². The van der Waals surface area contributed by atoms with Gasteiger partial charge < -0.3 is 5.11 Å². The Labute approximate surface area is 89.8 Å². The van der Waals surface area contributed by atoms with Crippen LogP contribution in [0.1, 0.15) is 10.4 Å². The zero-order chi connectivity index (χ0) is 10.0. The second-order valence-corrected chi connectivity index (χ2v) is 3.93. The molecule has 0 aliphatic rings. The summed E-state index contributed by atoms with van der Waals surface area (Å²) in [6, 6.07) is 2.91. The predicted molar refractivity (Wildman–Crippen MR) is 55.2 cm³/mol. The van der Waals surface area contributed by atoms with E-state index in [1.54, 1.807) is 6.07 Å². The minimum atomic E-state index is -1.07. The van der Waals surface area contributed by atoms with Crippen LogP contribution in [-0.2, 0) is 0 Å². The fraction of sp³-hybridized carbons (Fsp3) is 0.125. The molecule has 1 N–H and O–H groups in total. The molecule has 0 saturated carbocycles. The van der Waals surface area contributed by atoms with Crippen molar-refractivity contribution in [3.05, 3.63) is 27.7 Å². The van der Waals surface area contributed by atoms with Crippen molar-refractivity contribution in [2.24, 2.45) is 0 Å². The summed E-state index contributed by atoms with van der Waals surface area (Å²) in [6.07, 6.45) is 1.85. The molecule has 0 radical (unpaired) electrons. The van der Waals surface area contributed by atoms with Crippen LogP contribution in [-0.4, -0.2) is 17.3 Å². The molecule has 1 aromatic rings. The van der Waals surface area contributed by atoms with Crippen molar-refractivity contribution < 1.29 is 9.90 Å². The van der Waals surface area contributed by atoms with Crippen LogP contribution in [0.3, 0.4) is 0 Å². The number of thioether (sulfide) groups is 1. The zero-order valence-corrected chi connectivity index (χ0v) is 9.00. The highest BCUT2D eigenvalue weighted by molar-refractivity contribution is 7.98. The highest BCUT2D eigenvalue weighted by Crippen LogP contribution is 2.31. The number of carboxylic acids is 1. The maximum Gasteiger partial charge on any atom is 0.337 e. The molecule has 1 rings (SSSR count). The van der Waals surface area contributed by atoms with Crippen LogP contribution in [0.5, 0.6) is 0 Å². The van der Waals surface area contributed by atoms with Gasteiger partial charge in [0.2, 0.25) is 0 Å². The van der Waals surface area contributed by atoms with Crippen LogP contribution in [0.15, 0.2) is 17.0 Å². The maximum absolute atomic E-state index is 10.6. The van der Waals surface area contributed by atoms with Crippen molar-refractivity contribution >= 4 is 40.9 Å². The minimum Gasteiger partial charge on any atom is -0.478 e. The average molecular weight is 237 g/mol. The lowest BCUT2D eigenvalue weighted by atomic mass is 10.2. The topological polar surface area (TPSA) is 37.3 Å². The lowest BCUT2D eigenvalue weighted by Gasteiger charge is -2.03. The average Bonchev–Trinajstić information content (AvgIpc) is 2.07. The summed E-state index contributed by atoms with van der Waals surface area (Å²) >= 11 is 12.9. The Balaban J connectivity index is 3.28. The van der Waals surface area contributed by atoms with Crippen molar-refractivity contribution in [1.29, 1.82) is 0 Å². The van der Waals surface area contributed by atoms with Crippen LogP contribution in [0, 0.1) is 0 Å². The van der Waals surface area contributed by atoms with Gasteiger partial charge in [-0.1, -0.05) is 23.2 Å². The second kappa shape index (κ2) is 4.22. The molecule has 5 heteroatoms. The number of hydrogen-bond donors (Lipinski definition) is 1. The molecule has 0 heterocycles. The van der Waals surface area contributed by atoms with Crippen molar-refractivity contribution in [3.63, 3.8) is 0 Å². The third-order valence-electron chi connectivity index (χ3n) is 1.47. The summed E-state index contributed by atoms with van der Waals surface area (Å²) in [6.45, 7) is 0. The summed E-state index contributed by atoms with van der Waals surface area (Å²) in [5.74, 6) is -1.07. The van der Waals surface area contributed by atoms with E-state index in [0.29, 0.717) is 5.02 Å². The largest absolute Gasteiger partial charge is 0.478 e. The SMILES string of the molecule is CSc1cc(Cl)c(C(=O)O)cc1Cl. The Morgan fingerprint density at radius 1 is 1.38 bits per heavy atom. The molecule has 1 aromatic carbocycles. The quantitative estimate of drug-likeness (QED) is 0.801. The van der Waals surface area contributed by atoms with Gasteiger partial charge in [0.1, 0.15) is 0 Å². The highest BCUT2D eigenvalue weighted by Gasteiger charge is 2.11. The van der Waals surface area contributed by atoms with Gasteiger partial charge in [0.15, 0.2) is 0 Å².